The highest BCUT2D eigenvalue weighted by Crippen LogP contribution is 2.29. The molecule has 0 unspecified atom stereocenters. The number of carbonyl (C=O) groups is 2. The lowest BCUT2D eigenvalue weighted by atomic mass is 10.0. The van der Waals surface area contributed by atoms with E-state index in [1.165, 1.54) is 167 Å². The van der Waals surface area contributed by atoms with Gasteiger partial charge in [-0.2, -0.15) is 0 Å². The van der Waals surface area contributed by atoms with E-state index in [-0.39, 0.29) is 25.0 Å². The molecule has 0 radical (unpaired) electrons. The Hall–Kier alpha value is -4.32. The van der Waals surface area contributed by atoms with E-state index in [0.717, 1.165) is 47.2 Å². The highest BCUT2D eigenvalue weighted by molar-refractivity contribution is 6.02. The highest BCUT2D eigenvalue weighted by Gasteiger charge is 2.17. The number of unbranched alkanes of at least 4 members (excludes halogenated alkanes) is 28. The van der Waals surface area contributed by atoms with Gasteiger partial charge in [-0.15, -0.1) is 0 Å². The zero-order chi connectivity index (χ0) is 46.7. The molecule has 0 aromatic heterocycles. The van der Waals surface area contributed by atoms with Gasteiger partial charge in [0.15, 0.2) is 0 Å². The van der Waals surface area contributed by atoms with Gasteiger partial charge >= 0.3 is 0 Å². The Morgan fingerprint density at radius 2 is 0.652 bits per heavy atom. The summed E-state index contributed by atoms with van der Waals surface area (Å²) in [6, 6.07) is 23.8. The van der Waals surface area contributed by atoms with Gasteiger partial charge in [-0.05, 0) is 64.2 Å². The molecule has 4 aromatic carbocycles. The van der Waals surface area contributed by atoms with Gasteiger partial charge in [0.05, 0.1) is 11.1 Å². The van der Waals surface area contributed by atoms with Gasteiger partial charge in [0, 0.05) is 13.1 Å². The minimum atomic E-state index is -0.126. The quantitative estimate of drug-likeness (QED) is 0.0344. The Balaban J connectivity index is 1.16. The third-order valence-corrected chi connectivity index (χ3v) is 13.2. The Labute approximate surface area is 401 Å². The van der Waals surface area contributed by atoms with Gasteiger partial charge in [-0.25, -0.2) is 0 Å². The molecule has 66 heavy (non-hydrogen) atoms. The van der Waals surface area contributed by atoms with Crippen LogP contribution in [0.15, 0.2) is 84.9 Å². The van der Waals surface area contributed by atoms with Crippen LogP contribution in [0.5, 0.6) is 11.5 Å². The predicted molar refractivity (Wildman–Crippen MR) is 283 cm³/mol. The number of nitrogens with one attached hydrogen (secondary N) is 2. The number of benzene rings is 4. The van der Waals surface area contributed by atoms with E-state index < -0.39 is 0 Å². The number of hydrogen-bond donors (Lipinski definition) is 2. The van der Waals surface area contributed by atoms with Crippen molar-refractivity contribution in [3.05, 3.63) is 96.1 Å². The molecule has 0 aliphatic carbocycles. The fourth-order valence-corrected chi connectivity index (χ4v) is 9.02. The van der Waals surface area contributed by atoms with Gasteiger partial charge < -0.3 is 20.1 Å². The Morgan fingerprint density at radius 1 is 0.394 bits per heavy atom. The van der Waals surface area contributed by atoms with Crippen LogP contribution in [0.1, 0.15) is 227 Å². The first-order chi connectivity index (χ1) is 32.5. The third kappa shape index (κ3) is 22.4. The maximum atomic E-state index is 13.6. The van der Waals surface area contributed by atoms with E-state index in [1.807, 2.05) is 72.8 Å². The van der Waals surface area contributed by atoms with Crippen molar-refractivity contribution >= 4 is 33.4 Å². The van der Waals surface area contributed by atoms with Crippen LogP contribution >= 0.6 is 0 Å². The number of fused-ring (bicyclic) bond motifs is 2. The lowest BCUT2D eigenvalue weighted by molar-refractivity contribution is 0.0941. The Morgan fingerprint density at radius 3 is 0.939 bits per heavy atom. The summed E-state index contributed by atoms with van der Waals surface area (Å²) < 4.78 is 12.6. The minimum Gasteiger partial charge on any atom is -0.488 e. The molecule has 2 N–H and O–H groups in total. The molecule has 0 aliphatic heterocycles. The lowest BCUT2D eigenvalue weighted by Gasteiger charge is -2.16. The maximum absolute atomic E-state index is 13.6. The van der Waals surface area contributed by atoms with Crippen LogP contribution < -0.4 is 20.1 Å². The first-order valence-corrected chi connectivity index (χ1v) is 27.0. The molecule has 0 saturated carbocycles. The second-order valence-corrected chi connectivity index (χ2v) is 19.1. The highest BCUT2D eigenvalue weighted by atomic mass is 16.5. The number of amides is 2. The minimum absolute atomic E-state index is 0.126. The molecular formula is C60H90N2O4. The molecule has 364 valence electrons. The van der Waals surface area contributed by atoms with E-state index in [9.17, 15) is 9.59 Å². The summed E-state index contributed by atoms with van der Waals surface area (Å²) in [4.78, 5) is 27.1. The van der Waals surface area contributed by atoms with Crippen molar-refractivity contribution in [2.75, 3.05) is 26.3 Å². The van der Waals surface area contributed by atoms with Crippen molar-refractivity contribution in [1.29, 1.82) is 0 Å². The third-order valence-electron chi connectivity index (χ3n) is 13.2. The first-order valence-electron chi connectivity index (χ1n) is 27.0. The summed E-state index contributed by atoms with van der Waals surface area (Å²) in [7, 11) is 0. The largest absolute Gasteiger partial charge is 0.488 e. The van der Waals surface area contributed by atoms with Crippen LogP contribution in [0.3, 0.4) is 0 Å². The molecule has 6 nitrogen and oxygen atoms in total. The average molecular weight is 903 g/mol. The standard InChI is InChI=1S/C60H90N2O4/c1-4-6-8-10-12-14-16-18-20-22-24-26-28-30-36-42-61-59(63)55-44-51-38-32-34-40-53(51)46-57(55)65-48-50(3)49-66-58-47-54-41-35-33-39-52(54)45-56(58)60(64)62-43-37-31-29-27-25-23-21-19-17-15-13-11-9-7-5-2/h32-35,38-41,44-47H,3-31,36-37,42-43,48-49H2,1-2H3,(H,61,63)(H,62,64). The molecule has 4 aromatic rings. The molecule has 6 heteroatoms. The van der Waals surface area contributed by atoms with E-state index >= 15 is 0 Å². The zero-order valence-corrected chi connectivity index (χ0v) is 41.8. The van der Waals surface area contributed by atoms with Gasteiger partial charge in [0.25, 0.3) is 11.8 Å². The van der Waals surface area contributed by atoms with Crippen LogP contribution in [-0.2, 0) is 0 Å². The second kappa shape index (κ2) is 34.9. The first kappa shape index (κ1) is 54.3. The topological polar surface area (TPSA) is 76.7 Å². The monoisotopic (exact) mass is 903 g/mol. The van der Waals surface area contributed by atoms with Crippen LogP contribution in [0.25, 0.3) is 21.5 Å². The van der Waals surface area contributed by atoms with Crippen molar-refractivity contribution in [3.8, 4) is 11.5 Å². The van der Waals surface area contributed by atoms with Gasteiger partial charge in [-0.3, -0.25) is 9.59 Å². The fraction of sp³-hybridized carbons (Fsp3) is 0.600. The van der Waals surface area contributed by atoms with Crippen molar-refractivity contribution in [2.45, 2.75) is 206 Å². The molecule has 0 fully saturated rings. The summed E-state index contributed by atoms with van der Waals surface area (Å²) in [6.45, 7) is 10.5. The second-order valence-electron chi connectivity index (χ2n) is 19.1. The Bertz CT molecular complexity index is 1800. The molecule has 2 amide bonds. The average Bonchev–Trinajstić information content (AvgIpc) is 3.34. The molecule has 4 rings (SSSR count). The van der Waals surface area contributed by atoms with E-state index in [2.05, 4.69) is 31.1 Å². The fourth-order valence-electron chi connectivity index (χ4n) is 9.02. The van der Waals surface area contributed by atoms with Crippen molar-refractivity contribution in [2.24, 2.45) is 0 Å². The smallest absolute Gasteiger partial charge is 0.255 e. The number of rotatable bonds is 40. The molecule has 0 spiro atoms. The van der Waals surface area contributed by atoms with Crippen LogP contribution in [-0.4, -0.2) is 38.1 Å². The van der Waals surface area contributed by atoms with Crippen LogP contribution in [0, 0.1) is 0 Å². The summed E-state index contributed by atoms with van der Waals surface area (Å²) in [5.41, 5.74) is 1.74. The number of ether oxygens (including phenoxy) is 2. The van der Waals surface area contributed by atoms with Gasteiger partial charge in [-0.1, -0.05) is 249 Å². The van der Waals surface area contributed by atoms with Crippen LogP contribution in [0.4, 0.5) is 0 Å². The predicted octanol–water partition coefficient (Wildman–Crippen LogP) is 17.2. The lowest BCUT2D eigenvalue weighted by Crippen LogP contribution is -2.25. The van der Waals surface area contributed by atoms with E-state index in [4.69, 9.17) is 9.47 Å². The molecule has 0 atom stereocenters. The molecule has 0 bridgehead atoms. The van der Waals surface area contributed by atoms with Gasteiger partial charge in [0.1, 0.15) is 24.7 Å². The van der Waals surface area contributed by atoms with Gasteiger partial charge in [0.2, 0.25) is 0 Å². The van der Waals surface area contributed by atoms with Crippen molar-refractivity contribution < 1.29 is 19.1 Å². The summed E-state index contributed by atoms with van der Waals surface area (Å²) in [6.07, 6.45) is 39.5. The summed E-state index contributed by atoms with van der Waals surface area (Å²) in [5, 5.41) is 10.3. The van der Waals surface area contributed by atoms with E-state index in [1.54, 1.807) is 0 Å². The maximum Gasteiger partial charge on any atom is 0.255 e. The number of carbonyl (C=O) groups excluding carboxylic acids is 2. The SMILES string of the molecule is C=C(COc1cc2ccccc2cc1C(=O)NCCCCCCCCCCCCCCCCC)COc1cc2ccccc2cc1C(=O)NCCCCCCCCCCCCCCCCC. The molecular weight excluding hydrogens is 813 g/mol. The Kier molecular flexibility index (Phi) is 28.7. The zero-order valence-electron chi connectivity index (χ0n) is 41.8. The summed E-state index contributed by atoms with van der Waals surface area (Å²) >= 11 is 0. The summed E-state index contributed by atoms with van der Waals surface area (Å²) in [5.74, 6) is 0.792. The van der Waals surface area contributed by atoms with E-state index in [0.29, 0.717) is 41.3 Å². The number of hydrogen-bond acceptors (Lipinski definition) is 4. The van der Waals surface area contributed by atoms with Crippen LogP contribution in [0.2, 0.25) is 0 Å². The molecule has 0 aliphatic rings. The molecule has 0 heterocycles. The normalized spacial score (nSPS) is 11.3. The molecule has 0 saturated heterocycles. The van der Waals surface area contributed by atoms with Crippen molar-refractivity contribution in [3.63, 3.8) is 0 Å². The van der Waals surface area contributed by atoms with Crippen molar-refractivity contribution in [1.82, 2.24) is 10.6 Å².